The van der Waals surface area contributed by atoms with Gasteiger partial charge in [-0.25, -0.2) is 4.79 Å². The van der Waals surface area contributed by atoms with E-state index in [1.54, 1.807) is 0 Å². The Morgan fingerprint density at radius 1 is 1.71 bits per heavy atom. The molecule has 1 atom stereocenters. The minimum atomic E-state index is -3.67. The maximum absolute atomic E-state index is 11.2. The molecule has 0 amide bonds. The lowest BCUT2D eigenvalue weighted by Crippen LogP contribution is -2.18. The fourth-order valence-electron chi connectivity index (χ4n) is 0. The molecule has 0 aromatic carbocycles. The largest absolute Gasteiger partial charge is 0.477 e. The number of halogens is 2. The number of carboxylic acids is 1. The molecular formula is C2H3F2O2P. The molecule has 0 aromatic rings. The summed E-state index contributed by atoms with van der Waals surface area (Å²) in [5, 5.41) is 7.48. The predicted molar refractivity (Wildman–Crippen MR) is 22.3 cm³/mol. The van der Waals surface area contributed by atoms with Gasteiger partial charge in [-0.1, -0.05) is 0 Å². The summed E-state index contributed by atoms with van der Waals surface area (Å²) in [5.74, 6) is -2.13. The van der Waals surface area contributed by atoms with E-state index in [0.29, 0.717) is 0 Å². The molecule has 1 unspecified atom stereocenters. The van der Waals surface area contributed by atoms with Crippen LogP contribution in [0.5, 0.6) is 0 Å². The third kappa shape index (κ3) is 2.45. The van der Waals surface area contributed by atoms with Gasteiger partial charge in [0.15, 0.2) is 0 Å². The first-order valence-electron chi connectivity index (χ1n) is 1.34. The van der Waals surface area contributed by atoms with Crippen LogP contribution in [0.15, 0.2) is 0 Å². The van der Waals surface area contributed by atoms with Crippen molar-refractivity contribution in [3.63, 3.8) is 0 Å². The fraction of sp³-hybridized carbons (Fsp3) is 0.500. The van der Waals surface area contributed by atoms with Gasteiger partial charge in [-0.2, -0.15) is 8.78 Å². The monoisotopic (exact) mass is 128 g/mol. The summed E-state index contributed by atoms with van der Waals surface area (Å²) in [4.78, 5) is 9.25. The lowest BCUT2D eigenvalue weighted by Gasteiger charge is -1.98. The lowest BCUT2D eigenvalue weighted by molar-refractivity contribution is -0.153. The van der Waals surface area contributed by atoms with Crippen LogP contribution in [-0.2, 0) is 4.79 Å². The molecule has 0 aliphatic carbocycles. The zero-order valence-electron chi connectivity index (χ0n) is 3.19. The molecule has 0 aromatic heterocycles. The molecule has 0 rings (SSSR count). The molecule has 0 aliphatic heterocycles. The van der Waals surface area contributed by atoms with E-state index in [1.165, 1.54) is 0 Å². The van der Waals surface area contributed by atoms with Gasteiger partial charge >= 0.3 is 11.6 Å². The Bertz CT molecular complexity index is 86.2. The average molecular weight is 128 g/mol. The van der Waals surface area contributed by atoms with Crippen molar-refractivity contribution >= 4 is 15.2 Å². The molecule has 0 heterocycles. The number of carbonyl (C=O) groups is 1. The number of hydrogen-bond donors (Lipinski definition) is 1. The van der Waals surface area contributed by atoms with Crippen molar-refractivity contribution in [2.45, 2.75) is 5.66 Å². The van der Waals surface area contributed by atoms with Crippen LogP contribution in [0.1, 0.15) is 0 Å². The van der Waals surface area contributed by atoms with Crippen LogP contribution in [0.2, 0.25) is 0 Å². The van der Waals surface area contributed by atoms with Gasteiger partial charge in [0.2, 0.25) is 0 Å². The number of carboxylic acid groups (broad SMARTS) is 1. The van der Waals surface area contributed by atoms with Crippen LogP contribution in [0.4, 0.5) is 8.78 Å². The van der Waals surface area contributed by atoms with Gasteiger partial charge in [0.1, 0.15) is 0 Å². The smallest absolute Gasteiger partial charge is 0.378 e. The van der Waals surface area contributed by atoms with Gasteiger partial charge in [-0.15, -0.1) is 0 Å². The van der Waals surface area contributed by atoms with E-state index in [9.17, 15) is 13.6 Å². The van der Waals surface area contributed by atoms with Crippen molar-refractivity contribution in [2.75, 3.05) is 0 Å². The molecule has 0 spiro atoms. The predicted octanol–water partition coefficient (Wildman–Crippen LogP) is 0.539. The lowest BCUT2D eigenvalue weighted by atomic mass is 10.7. The number of rotatable bonds is 1. The van der Waals surface area contributed by atoms with Crippen LogP contribution in [0, 0.1) is 0 Å². The summed E-state index contributed by atoms with van der Waals surface area (Å²) < 4.78 is 22.4. The maximum atomic E-state index is 11.2. The van der Waals surface area contributed by atoms with Crippen LogP contribution in [-0.4, -0.2) is 16.7 Å². The number of hydrogen-bond acceptors (Lipinski definition) is 1. The zero-order chi connectivity index (χ0) is 6.08. The molecule has 0 aliphatic rings. The molecule has 5 heteroatoms. The Balaban J connectivity index is 3.79. The molecule has 7 heavy (non-hydrogen) atoms. The van der Waals surface area contributed by atoms with E-state index >= 15 is 0 Å². The van der Waals surface area contributed by atoms with Gasteiger partial charge in [0.25, 0.3) is 0 Å². The summed E-state index contributed by atoms with van der Waals surface area (Å²) in [6.07, 6.45) is 0. The minimum absolute atomic E-state index is 0.898. The normalized spacial score (nSPS) is 11.3. The highest BCUT2D eigenvalue weighted by Gasteiger charge is 2.31. The van der Waals surface area contributed by atoms with Crippen molar-refractivity contribution in [2.24, 2.45) is 0 Å². The Morgan fingerprint density at radius 2 is 1.86 bits per heavy atom. The van der Waals surface area contributed by atoms with Gasteiger partial charge in [-0.05, 0) is 9.24 Å². The maximum Gasteiger partial charge on any atom is 0.378 e. The van der Waals surface area contributed by atoms with Gasteiger partial charge in [0, 0.05) is 0 Å². The highest BCUT2D eigenvalue weighted by Crippen LogP contribution is 2.20. The standard InChI is InChI=1S/C2H3F2O2P/c3-2(4,7)1(5)6/h7H2,(H,5,6). The second-order valence-electron chi connectivity index (χ2n) is 0.928. The third-order valence-corrected chi connectivity index (χ3v) is 0.532. The van der Waals surface area contributed by atoms with Crippen LogP contribution in [0.25, 0.3) is 0 Å². The zero-order valence-corrected chi connectivity index (χ0v) is 4.34. The molecular weight excluding hydrogens is 125 g/mol. The van der Waals surface area contributed by atoms with Gasteiger partial charge in [0.05, 0.1) is 0 Å². The first-order valence-corrected chi connectivity index (χ1v) is 1.92. The van der Waals surface area contributed by atoms with Crippen molar-refractivity contribution < 1.29 is 18.7 Å². The van der Waals surface area contributed by atoms with E-state index in [0.717, 1.165) is 9.24 Å². The molecule has 0 saturated heterocycles. The Kier molecular flexibility index (Phi) is 1.64. The molecule has 2 nitrogen and oxygen atoms in total. The van der Waals surface area contributed by atoms with E-state index in [2.05, 4.69) is 0 Å². The third-order valence-electron chi connectivity index (χ3n) is 0.285. The highest BCUT2D eigenvalue weighted by atomic mass is 31.0. The van der Waals surface area contributed by atoms with Gasteiger partial charge in [-0.3, -0.25) is 0 Å². The Labute approximate surface area is 40.7 Å². The fourth-order valence-corrected chi connectivity index (χ4v) is 0. The summed E-state index contributed by atoms with van der Waals surface area (Å²) in [6.45, 7) is 0. The highest BCUT2D eigenvalue weighted by molar-refractivity contribution is 7.20. The molecule has 1 N–H and O–H groups in total. The molecule has 0 fully saturated rings. The SMILES string of the molecule is O=C(O)C(F)(F)P. The van der Waals surface area contributed by atoms with Crippen molar-refractivity contribution in [3.8, 4) is 0 Å². The molecule has 0 bridgehead atoms. The first kappa shape index (κ1) is 6.76. The summed E-state index contributed by atoms with van der Waals surface area (Å²) in [7, 11) is 0.898. The average Bonchev–Trinajstić information content (AvgIpc) is 1.31. The van der Waals surface area contributed by atoms with E-state index in [1.807, 2.05) is 0 Å². The minimum Gasteiger partial charge on any atom is -0.477 e. The number of alkyl halides is 2. The summed E-state index contributed by atoms with van der Waals surface area (Å²) in [6, 6.07) is 0. The first-order chi connectivity index (χ1) is 2.94. The van der Waals surface area contributed by atoms with Crippen LogP contribution in [0.3, 0.4) is 0 Å². The van der Waals surface area contributed by atoms with Crippen LogP contribution >= 0.6 is 9.24 Å². The van der Waals surface area contributed by atoms with Gasteiger partial charge < -0.3 is 5.11 Å². The topological polar surface area (TPSA) is 37.3 Å². The quantitative estimate of drug-likeness (QED) is 0.523. The van der Waals surface area contributed by atoms with Crippen molar-refractivity contribution in [3.05, 3.63) is 0 Å². The summed E-state index contributed by atoms with van der Waals surface area (Å²) >= 11 is 0. The Morgan fingerprint density at radius 3 is 1.86 bits per heavy atom. The van der Waals surface area contributed by atoms with E-state index in [-0.39, 0.29) is 0 Å². The van der Waals surface area contributed by atoms with Crippen molar-refractivity contribution in [1.82, 2.24) is 0 Å². The molecule has 0 saturated carbocycles. The van der Waals surface area contributed by atoms with E-state index < -0.39 is 11.6 Å². The second kappa shape index (κ2) is 1.70. The molecule has 42 valence electrons. The van der Waals surface area contributed by atoms with E-state index in [4.69, 9.17) is 5.11 Å². The second-order valence-corrected chi connectivity index (χ2v) is 1.65. The summed E-state index contributed by atoms with van der Waals surface area (Å²) in [5.41, 5.74) is -3.67. The Hall–Kier alpha value is -0.240. The number of aliphatic carboxylic acids is 1. The van der Waals surface area contributed by atoms with Crippen LogP contribution < -0.4 is 0 Å². The van der Waals surface area contributed by atoms with Crippen molar-refractivity contribution in [1.29, 1.82) is 0 Å². The molecule has 0 radical (unpaired) electrons.